The molecule has 2 aromatic carbocycles. The van der Waals surface area contributed by atoms with Gasteiger partial charge in [-0.15, -0.1) is 0 Å². The van der Waals surface area contributed by atoms with E-state index in [0.717, 1.165) is 22.2 Å². The first kappa shape index (κ1) is 23.9. The van der Waals surface area contributed by atoms with Gasteiger partial charge in [0.2, 0.25) is 0 Å². The fraction of sp³-hybridized carbons (Fsp3) is 0.250. The number of esters is 1. The molecule has 0 radical (unpaired) electrons. The maximum atomic E-state index is 12.6. The molecule has 0 bridgehead atoms. The molecule has 170 valence electrons. The number of methoxy groups -OCH3 is 1. The summed E-state index contributed by atoms with van der Waals surface area (Å²) in [4.78, 5) is 37.7. The van der Waals surface area contributed by atoms with Gasteiger partial charge < -0.3 is 14.2 Å². The molecule has 0 spiro atoms. The van der Waals surface area contributed by atoms with Crippen LogP contribution in [0.1, 0.15) is 30.5 Å². The van der Waals surface area contributed by atoms with Crippen LogP contribution in [-0.4, -0.2) is 41.8 Å². The fourth-order valence-electron chi connectivity index (χ4n) is 3.02. The van der Waals surface area contributed by atoms with E-state index < -0.39 is 23.7 Å². The van der Waals surface area contributed by atoms with Crippen molar-refractivity contribution in [2.75, 3.05) is 13.7 Å². The molecule has 0 aliphatic carbocycles. The average Bonchev–Trinajstić information content (AvgIpc) is 3.04. The number of rotatable bonds is 8. The zero-order chi connectivity index (χ0) is 24.0. The highest BCUT2D eigenvalue weighted by Gasteiger charge is 2.36. The number of thioether (sulfide) groups is 1. The highest BCUT2D eigenvalue weighted by molar-refractivity contribution is 8.18. The van der Waals surface area contributed by atoms with Crippen molar-refractivity contribution in [3.63, 3.8) is 0 Å². The van der Waals surface area contributed by atoms with E-state index in [1.165, 1.54) is 7.11 Å². The minimum atomic E-state index is -0.644. The molecule has 1 heterocycles. The van der Waals surface area contributed by atoms with Crippen LogP contribution in [-0.2, 0) is 20.9 Å². The lowest BCUT2D eigenvalue weighted by atomic mass is 10.1. The minimum Gasteiger partial charge on any atom is -0.493 e. The van der Waals surface area contributed by atoms with E-state index in [1.54, 1.807) is 50.3 Å². The lowest BCUT2D eigenvalue weighted by molar-refractivity contribution is -0.149. The second-order valence-electron chi connectivity index (χ2n) is 7.27. The van der Waals surface area contributed by atoms with Crippen LogP contribution in [0.5, 0.6) is 11.5 Å². The first-order valence-corrected chi connectivity index (χ1v) is 10.9. The number of nitriles is 1. The number of carbonyl (C=O) groups is 3. The molecule has 0 saturated carbocycles. The Labute approximate surface area is 195 Å². The van der Waals surface area contributed by atoms with Gasteiger partial charge >= 0.3 is 5.97 Å². The lowest BCUT2D eigenvalue weighted by Crippen LogP contribution is -2.35. The fourth-order valence-corrected chi connectivity index (χ4v) is 3.86. The molecule has 0 unspecified atom stereocenters. The Hall–Kier alpha value is -3.77. The monoisotopic (exact) mass is 466 g/mol. The van der Waals surface area contributed by atoms with Gasteiger partial charge in [0.25, 0.3) is 11.1 Å². The average molecular weight is 467 g/mol. The Kier molecular flexibility index (Phi) is 7.74. The van der Waals surface area contributed by atoms with Crippen LogP contribution >= 0.6 is 11.8 Å². The second-order valence-corrected chi connectivity index (χ2v) is 8.27. The number of hydrogen-bond donors (Lipinski definition) is 0. The summed E-state index contributed by atoms with van der Waals surface area (Å²) >= 11 is 0.755. The van der Waals surface area contributed by atoms with Crippen molar-refractivity contribution in [2.24, 2.45) is 0 Å². The summed E-state index contributed by atoms with van der Waals surface area (Å²) in [5.74, 6) is -0.308. The number of amides is 2. The van der Waals surface area contributed by atoms with E-state index in [2.05, 4.69) is 6.07 Å². The largest absolute Gasteiger partial charge is 0.493 e. The normalized spacial score (nSPS) is 14.5. The van der Waals surface area contributed by atoms with Crippen LogP contribution in [0.25, 0.3) is 6.08 Å². The van der Waals surface area contributed by atoms with Crippen LogP contribution in [0.3, 0.4) is 0 Å². The van der Waals surface area contributed by atoms with E-state index in [0.29, 0.717) is 22.6 Å². The van der Waals surface area contributed by atoms with Gasteiger partial charge in [0, 0.05) is 5.56 Å². The highest BCUT2D eigenvalue weighted by atomic mass is 32.2. The van der Waals surface area contributed by atoms with Gasteiger partial charge in [-0.1, -0.05) is 24.3 Å². The molecule has 1 fully saturated rings. The Morgan fingerprint density at radius 3 is 2.64 bits per heavy atom. The second kappa shape index (κ2) is 10.7. The van der Waals surface area contributed by atoms with Gasteiger partial charge in [-0.2, -0.15) is 5.26 Å². The van der Waals surface area contributed by atoms with Crippen molar-refractivity contribution in [1.29, 1.82) is 5.26 Å². The number of ether oxygens (including phenoxy) is 3. The van der Waals surface area contributed by atoms with Gasteiger partial charge in [0.05, 0.1) is 29.8 Å². The molecule has 33 heavy (non-hydrogen) atoms. The van der Waals surface area contributed by atoms with E-state index >= 15 is 0 Å². The van der Waals surface area contributed by atoms with E-state index in [1.807, 2.05) is 12.1 Å². The van der Waals surface area contributed by atoms with Crippen LogP contribution in [0.15, 0.2) is 47.4 Å². The van der Waals surface area contributed by atoms with E-state index in [-0.39, 0.29) is 17.6 Å². The van der Waals surface area contributed by atoms with Crippen molar-refractivity contribution < 1.29 is 28.6 Å². The van der Waals surface area contributed by atoms with Crippen molar-refractivity contribution in [1.82, 2.24) is 4.90 Å². The molecule has 2 amide bonds. The summed E-state index contributed by atoms with van der Waals surface area (Å²) < 4.78 is 16.2. The predicted molar refractivity (Wildman–Crippen MR) is 122 cm³/mol. The molecule has 9 heteroatoms. The van der Waals surface area contributed by atoms with E-state index in [4.69, 9.17) is 14.2 Å². The third-order valence-corrected chi connectivity index (χ3v) is 5.44. The topological polar surface area (TPSA) is 106 Å². The minimum absolute atomic E-state index is 0.185. The van der Waals surface area contributed by atoms with Gasteiger partial charge in [0.15, 0.2) is 11.5 Å². The maximum absolute atomic E-state index is 12.6. The first-order chi connectivity index (χ1) is 15.8. The van der Waals surface area contributed by atoms with Crippen molar-refractivity contribution in [2.45, 2.75) is 26.6 Å². The van der Waals surface area contributed by atoms with Gasteiger partial charge in [-0.05, 0) is 55.4 Å². The summed E-state index contributed by atoms with van der Waals surface area (Å²) in [7, 11) is 1.49. The van der Waals surface area contributed by atoms with Gasteiger partial charge in [-0.25, -0.2) is 0 Å². The quantitative estimate of drug-likeness (QED) is 0.422. The SMILES string of the molecule is COc1cc(/C=C2/SC(=O)N(CC(=O)OC(C)C)C2=O)ccc1OCc1ccccc1C#N. The molecular formula is C24H22N2O6S. The van der Waals surface area contributed by atoms with Crippen molar-refractivity contribution in [3.8, 4) is 17.6 Å². The van der Waals surface area contributed by atoms with E-state index in [9.17, 15) is 19.6 Å². The zero-order valence-electron chi connectivity index (χ0n) is 18.4. The zero-order valence-corrected chi connectivity index (χ0v) is 19.2. The Bertz CT molecular complexity index is 1150. The highest BCUT2D eigenvalue weighted by Crippen LogP contribution is 2.34. The van der Waals surface area contributed by atoms with Gasteiger partial charge in [0.1, 0.15) is 13.2 Å². The molecule has 0 atom stereocenters. The van der Waals surface area contributed by atoms with Gasteiger partial charge in [-0.3, -0.25) is 19.3 Å². The van der Waals surface area contributed by atoms with Crippen LogP contribution in [0, 0.1) is 11.3 Å². The Morgan fingerprint density at radius 1 is 1.18 bits per heavy atom. The lowest BCUT2D eigenvalue weighted by Gasteiger charge is -2.13. The Balaban J connectivity index is 1.74. The summed E-state index contributed by atoms with van der Waals surface area (Å²) in [6.45, 7) is 3.13. The van der Waals surface area contributed by atoms with Crippen LogP contribution < -0.4 is 9.47 Å². The molecule has 1 saturated heterocycles. The smallest absolute Gasteiger partial charge is 0.326 e. The number of carbonyl (C=O) groups excluding carboxylic acids is 3. The van der Waals surface area contributed by atoms with Crippen molar-refractivity contribution >= 4 is 35.0 Å². The predicted octanol–water partition coefficient (Wildman–Crippen LogP) is 4.13. The molecule has 1 aliphatic rings. The summed E-state index contributed by atoms with van der Waals surface area (Å²) in [5, 5.41) is 8.68. The number of imide groups is 1. The maximum Gasteiger partial charge on any atom is 0.326 e. The molecule has 0 aromatic heterocycles. The molecule has 1 aliphatic heterocycles. The molecule has 2 aromatic rings. The summed E-state index contributed by atoms with van der Waals surface area (Å²) in [6.07, 6.45) is 1.21. The number of benzene rings is 2. The summed E-state index contributed by atoms with van der Waals surface area (Å²) in [6, 6.07) is 14.3. The summed E-state index contributed by atoms with van der Waals surface area (Å²) in [5.41, 5.74) is 1.89. The molecule has 3 rings (SSSR count). The van der Waals surface area contributed by atoms with Crippen LogP contribution in [0.2, 0.25) is 0 Å². The molecular weight excluding hydrogens is 444 g/mol. The standard InChI is InChI=1S/C24H22N2O6S/c1-15(2)32-22(27)13-26-23(28)21(33-24(26)29)11-16-8-9-19(20(10-16)30-3)31-14-18-7-5-4-6-17(18)12-25/h4-11,15H,13-14H2,1-3H3/b21-11+. The number of hydrogen-bond acceptors (Lipinski definition) is 8. The van der Waals surface area contributed by atoms with Crippen molar-refractivity contribution in [3.05, 3.63) is 64.1 Å². The van der Waals surface area contributed by atoms with Crippen LogP contribution in [0.4, 0.5) is 4.79 Å². The Morgan fingerprint density at radius 2 is 1.94 bits per heavy atom. The molecule has 8 nitrogen and oxygen atoms in total. The third kappa shape index (κ3) is 5.93. The number of nitrogens with zero attached hydrogens (tertiary/aromatic N) is 2. The first-order valence-electron chi connectivity index (χ1n) is 10.1. The molecule has 0 N–H and O–H groups in total. The third-order valence-electron chi connectivity index (χ3n) is 4.53.